The van der Waals surface area contributed by atoms with Gasteiger partial charge in [0.05, 0.1) is 5.54 Å². The number of aliphatic hydroxyl groups excluding tert-OH is 3. The second kappa shape index (κ2) is 2.92. The minimum atomic E-state index is -1.15. The lowest BCUT2D eigenvalue weighted by Crippen LogP contribution is -2.66. The van der Waals surface area contributed by atoms with Gasteiger partial charge in [0, 0.05) is 13.0 Å². The van der Waals surface area contributed by atoms with E-state index >= 15 is 0 Å². The summed E-state index contributed by atoms with van der Waals surface area (Å²) in [5, 5.41) is 28.7. The van der Waals surface area contributed by atoms with Crippen LogP contribution in [0.1, 0.15) is 19.8 Å². The van der Waals surface area contributed by atoms with Gasteiger partial charge in [0.1, 0.15) is 18.3 Å². The third kappa shape index (κ3) is 1.09. The maximum atomic E-state index is 11.4. The number of carbonyl (C=O) groups excluding carboxylic acids is 1. The normalized spacial score (nSPS) is 48.1. The molecule has 2 aliphatic rings. The van der Waals surface area contributed by atoms with Gasteiger partial charge in [-0.2, -0.15) is 0 Å². The average molecular weight is 201 g/mol. The molecule has 2 heterocycles. The van der Waals surface area contributed by atoms with Crippen molar-refractivity contribution in [1.82, 2.24) is 4.90 Å². The van der Waals surface area contributed by atoms with Crippen LogP contribution in [0.2, 0.25) is 0 Å². The Bertz CT molecular complexity index is 270. The minimum Gasteiger partial charge on any atom is -0.388 e. The molecule has 2 aliphatic heterocycles. The van der Waals surface area contributed by atoms with Gasteiger partial charge in [0.15, 0.2) is 0 Å². The molecule has 3 N–H and O–H groups in total. The Hall–Kier alpha value is -0.650. The third-order valence-corrected chi connectivity index (χ3v) is 3.49. The molecule has 2 saturated heterocycles. The van der Waals surface area contributed by atoms with Crippen LogP contribution >= 0.6 is 0 Å². The second-order valence-corrected chi connectivity index (χ2v) is 4.36. The molecule has 2 rings (SSSR count). The molecule has 0 aromatic heterocycles. The summed E-state index contributed by atoms with van der Waals surface area (Å²) in [6.07, 6.45) is -2.33. The van der Waals surface area contributed by atoms with E-state index in [-0.39, 0.29) is 12.5 Å². The summed E-state index contributed by atoms with van der Waals surface area (Å²) in [7, 11) is 0. The molecule has 0 aliphatic carbocycles. The summed E-state index contributed by atoms with van der Waals surface area (Å²) in [5.74, 6) is -0.0579. The highest BCUT2D eigenvalue weighted by Gasteiger charge is 2.54. The van der Waals surface area contributed by atoms with E-state index in [0.717, 1.165) is 0 Å². The monoisotopic (exact) mass is 201 g/mol. The highest BCUT2D eigenvalue weighted by molar-refractivity contribution is 5.80. The molecule has 80 valence electrons. The Morgan fingerprint density at radius 1 is 1.43 bits per heavy atom. The number of hydrogen-bond donors (Lipinski definition) is 3. The minimum absolute atomic E-state index is 0.0579. The molecule has 5 nitrogen and oxygen atoms in total. The summed E-state index contributed by atoms with van der Waals surface area (Å²) in [5.41, 5.74) is -0.699. The first-order valence-electron chi connectivity index (χ1n) is 4.81. The molecule has 1 amide bonds. The topological polar surface area (TPSA) is 81.0 Å². The number of fused-ring (bicyclic) bond motifs is 1. The third-order valence-electron chi connectivity index (χ3n) is 3.49. The van der Waals surface area contributed by atoms with Gasteiger partial charge in [-0.05, 0) is 13.3 Å². The van der Waals surface area contributed by atoms with Gasteiger partial charge >= 0.3 is 0 Å². The highest BCUT2D eigenvalue weighted by Crippen LogP contribution is 2.38. The van der Waals surface area contributed by atoms with E-state index in [0.29, 0.717) is 12.8 Å². The molecule has 0 saturated carbocycles. The number of amides is 1. The number of β-amino-alcohol motifs (C(OH)–C–C–N with tert-alkyl or cyclic N) is 1. The van der Waals surface area contributed by atoms with Gasteiger partial charge in [-0.1, -0.05) is 0 Å². The van der Waals surface area contributed by atoms with Crippen LogP contribution in [0.5, 0.6) is 0 Å². The van der Waals surface area contributed by atoms with Crippen LogP contribution in [0.3, 0.4) is 0 Å². The van der Waals surface area contributed by atoms with Crippen molar-refractivity contribution in [3.63, 3.8) is 0 Å². The zero-order chi connectivity index (χ0) is 10.5. The van der Waals surface area contributed by atoms with Crippen LogP contribution in [0, 0.1) is 0 Å². The summed E-state index contributed by atoms with van der Waals surface area (Å²) < 4.78 is 0. The molecule has 5 heteroatoms. The van der Waals surface area contributed by atoms with Crippen molar-refractivity contribution in [3.8, 4) is 0 Å². The number of hydrogen-bond acceptors (Lipinski definition) is 4. The predicted molar refractivity (Wildman–Crippen MR) is 47.4 cm³/mol. The number of carbonyl (C=O) groups is 1. The molecule has 2 fully saturated rings. The standard InChI is InChI=1S/C9H15NO4/c1-9-3-2-6(12)10(9)4-5(11)7(13)8(9)14/h5,7-8,11,13-14H,2-4H2,1H3/t5-,7+,8+,9-/m1/s1. The summed E-state index contributed by atoms with van der Waals surface area (Å²) in [6, 6.07) is 0. The van der Waals surface area contributed by atoms with E-state index in [4.69, 9.17) is 0 Å². The Morgan fingerprint density at radius 2 is 2.07 bits per heavy atom. The summed E-state index contributed by atoms with van der Waals surface area (Å²) in [4.78, 5) is 12.9. The smallest absolute Gasteiger partial charge is 0.223 e. The van der Waals surface area contributed by atoms with E-state index in [1.54, 1.807) is 6.92 Å². The van der Waals surface area contributed by atoms with Crippen LogP contribution < -0.4 is 0 Å². The first-order valence-corrected chi connectivity index (χ1v) is 4.81. The van der Waals surface area contributed by atoms with Crippen LogP contribution in [-0.2, 0) is 4.79 Å². The van der Waals surface area contributed by atoms with Crippen molar-refractivity contribution in [2.24, 2.45) is 0 Å². The van der Waals surface area contributed by atoms with Crippen LogP contribution in [0.15, 0.2) is 0 Å². The summed E-state index contributed by atoms with van der Waals surface area (Å²) in [6.45, 7) is 1.87. The fraction of sp³-hybridized carbons (Fsp3) is 0.889. The van der Waals surface area contributed by atoms with E-state index in [2.05, 4.69) is 0 Å². The van der Waals surface area contributed by atoms with Crippen molar-refractivity contribution >= 4 is 5.91 Å². The zero-order valence-corrected chi connectivity index (χ0v) is 8.05. The maximum absolute atomic E-state index is 11.4. The molecule has 4 atom stereocenters. The lowest BCUT2D eigenvalue weighted by atomic mass is 9.82. The SMILES string of the molecule is C[C@]12CCC(=O)N1C[C@@H](O)[C@H](O)[C@@H]2O. The van der Waals surface area contributed by atoms with Crippen LogP contribution in [0.25, 0.3) is 0 Å². The Morgan fingerprint density at radius 3 is 2.71 bits per heavy atom. The van der Waals surface area contributed by atoms with Crippen molar-refractivity contribution in [1.29, 1.82) is 0 Å². The van der Waals surface area contributed by atoms with E-state index in [1.807, 2.05) is 0 Å². The van der Waals surface area contributed by atoms with Gasteiger partial charge in [0.25, 0.3) is 0 Å². The van der Waals surface area contributed by atoms with Crippen LogP contribution in [-0.4, -0.2) is 56.5 Å². The first kappa shape index (κ1) is 9.89. The maximum Gasteiger partial charge on any atom is 0.223 e. The predicted octanol–water partition coefficient (Wildman–Crippen LogP) is -1.54. The quantitative estimate of drug-likeness (QED) is 0.444. The highest BCUT2D eigenvalue weighted by atomic mass is 16.4. The second-order valence-electron chi connectivity index (χ2n) is 4.36. The fourth-order valence-electron chi connectivity index (χ4n) is 2.41. The van der Waals surface area contributed by atoms with Gasteiger partial charge in [-0.25, -0.2) is 0 Å². The van der Waals surface area contributed by atoms with Crippen molar-refractivity contribution in [2.75, 3.05) is 6.54 Å². The molecular formula is C9H15NO4. The molecule has 14 heavy (non-hydrogen) atoms. The molecule has 0 aromatic rings. The van der Waals surface area contributed by atoms with Crippen molar-refractivity contribution < 1.29 is 20.1 Å². The molecule has 0 unspecified atom stereocenters. The number of aliphatic hydroxyl groups is 3. The molecule has 0 radical (unpaired) electrons. The Kier molecular flexibility index (Phi) is 2.06. The number of rotatable bonds is 0. The van der Waals surface area contributed by atoms with E-state index in [9.17, 15) is 20.1 Å². The fourth-order valence-corrected chi connectivity index (χ4v) is 2.41. The molecule has 0 aromatic carbocycles. The number of nitrogens with zero attached hydrogens (tertiary/aromatic N) is 1. The van der Waals surface area contributed by atoms with Gasteiger partial charge in [-0.3, -0.25) is 4.79 Å². The average Bonchev–Trinajstić information content (AvgIpc) is 2.43. The van der Waals surface area contributed by atoms with E-state index < -0.39 is 23.9 Å². The number of piperidine rings is 1. The van der Waals surface area contributed by atoms with Crippen LogP contribution in [0.4, 0.5) is 0 Å². The van der Waals surface area contributed by atoms with Gasteiger partial charge in [-0.15, -0.1) is 0 Å². The van der Waals surface area contributed by atoms with E-state index in [1.165, 1.54) is 4.90 Å². The molecular weight excluding hydrogens is 186 g/mol. The van der Waals surface area contributed by atoms with Gasteiger partial charge in [0.2, 0.25) is 5.91 Å². The lowest BCUT2D eigenvalue weighted by molar-refractivity contribution is -0.170. The van der Waals surface area contributed by atoms with Crippen molar-refractivity contribution in [2.45, 2.75) is 43.6 Å². The lowest BCUT2D eigenvalue weighted by Gasteiger charge is -2.47. The first-order chi connectivity index (χ1) is 6.47. The zero-order valence-electron chi connectivity index (χ0n) is 8.05. The van der Waals surface area contributed by atoms with Crippen molar-refractivity contribution in [3.05, 3.63) is 0 Å². The van der Waals surface area contributed by atoms with Gasteiger partial charge < -0.3 is 20.2 Å². The Labute approximate surface area is 82.0 Å². The largest absolute Gasteiger partial charge is 0.388 e. The summed E-state index contributed by atoms with van der Waals surface area (Å²) >= 11 is 0. The molecule has 0 bridgehead atoms. The molecule has 0 spiro atoms. The Balaban J connectivity index is 2.31.